The van der Waals surface area contributed by atoms with E-state index in [1.807, 2.05) is 0 Å². The first-order valence-electron chi connectivity index (χ1n) is 13.4. The van der Waals surface area contributed by atoms with Crippen molar-refractivity contribution in [2.75, 3.05) is 19.1 Å². The number of hydrogen-bond acceptors (Lipinski definition) is 7. The molecule has 1 heterocycles. The zero-order valence-corrected chi connectivity index (χ0v) is 25.5. The van der Waals surface area contributed by atoms with Gasteiger partial charge in [0.15, 0.2) is 0 Å². The summed E-state index contributed by atoms with van der Waals surface area (Å²) in [6.45, 7) is 2.88. The van der Waals surface area contributed by atoms with Gasteiger partial charge < -0.3 is 15.0 Å². The first kappa shape index (κ1) is 33.4. The van der Waals surface area contributed by atoms with Gasteiger partial charge in [-0.3, -0.25) is 5.01 Å². The molecule has 9 nitrogen and oxygen atoms in total. The maximum atomic E-state index is 14.6. The van der Waals surface area contributed by atoms with Crippen LogP contribution in [0.4, 0.5) is 27.6 Å². The summed E-state index contributed by atoms with van der Waals surface area (Å²) in [7, 11) is -0.944. The van der Waals surface area contributed by atoms with Gasteiger partial charge in [0, 0.05) is 38.5 Å². The van der Waals surface area contributed by atoms with E-state index in [9.17, 15) is 30.4 Å². The van der Waals surface area contributed by atoms with E-state index < -0.39 is 40.2 Å². The van der Waals surface area contributed by atoms with Crippen LogP contribution in [0.2, 0.25) is 0 Å². The zero-order valence-electron chi connectivity index (χ0n) is 24.7. The molecule has 0 radical (unpaired) electrons. The second kappa shape index (κ2) is 12.5. The number of hydrazine groups is 1. The number of alkyl halides is 5. The predicted octanol–water partition coefficient (Wildman–Crippen LogP) is 6.14. The van der Waals surface area contributed by atoms with Crippen molar-refractivity contribution in [3.8, 4) is 22.6 Å². The van der Waals surface area contributed by atoms with E-state index in [0.717, 1.165) is 27.6 Å². The van der Waals surface area contributed by atoms with Gasteiger partial charge in [-0.25, -0.2) is 23.5 Å². The smallest absolute Gasteiger partial charge is 0.406 e. The molecular formula is C30H31F5N6O3S. The van der Waals surface area contributed by atoms with Crippen LogP contribution in [-0.4, -0.2) is 42.7 Å². The summed E-state index contributed by atoms with van der Waals surface area (Å²) in [4.78, 5) is 4.11. The zero-order chi connectivity index (χ0) is 33.3. The van der Waals surface area contributed by atoms with Crippen molar-refractivity contribution < 1.29 is 35.1 Å². The molecule has 0 saturated carbocycles. The van der Waals surface area contributed by atoms with Crippen molar-refractivity contribution in [3.63, 3.8) is 0 Å². The minimum atomic E-state index is -4.89. The summed E-state index contributed by atoms with van der Waals surface area (Å²) >= 11 is 0. The minimum Gasteiger partial charge on any atom is -0.406 e. The lowest BCUT2D eigenvalue weighted by molar-refractivity contribution is -0.274. The van der Waals surface area contributed by atoms with E-state index in [1.54, 1.807) is 37.3 Å². The van der Waals surface area contributed by atoms with Crippen LogP contribution in [0.25, 0.3) is 22.5 Å². The summed E-state index contributed by atoms with van der Waals surface area (Å²) in [6, 6.07) is 15.9. The van der Waals surface area contributed by atoms with Crippen LogP contribution in [0.5, 0.6) is 5.75 Å². The Bertz CT molecular complexity index is 1820. The standard InChI is InChI=1S/C30H31F5N6O3S/c1-5-29(31,32)28-18-40(19(2)38-28)25-14-11-22(21-7-6-8-24(15-21)45(42,43)39(3)4)16-26(25)41(37)27(17-36)20-9-12-23(13-10-20)44-30(33,34)35/h6-18H,5,36-37H2,1-4H3/b27-17-. The molecule has 15 heteroatoms. The van der Waals surface area contributed by atoms with Gasteiger partial charge in [-0.1, -0.05) is 25.1 Å². The first-order chi connectivity index (χ1) is 21.0. The molecule has 0 aliphatic carbocycles. The maximum absolute atomic E-state index is 14.6. The molecule has 1 aromatic heterocycles. The Kier molecular flexibility index (Phi) is 9.28. The predicted molar refractivity (Wildman–Crippen MR) is 161 cm³/mol. The molecule has 4 N–H and O–H groups in total. The van der Waals surface area contributed by atoms with Crippen LogP contribution in [0.1, 0.15) is 30.4 Å². The van der Waals surface area contributed by atoms with Crippen molar-refractivity contribution >= 4 is 21.4 Å². The highest BCUT2D eigenvalue weighted by atomic mass is 32.2. The van der Waals surface area contributed by atoms with E-state index in [-0.39, 0.29) is 22.1 Å². The first-order valence-corrected chi connectivity index (χ1v) is 14.9. The Morgan fingerprint density at radius 2 is 1.64 bits per heavy atom. The summed E-state index contributed by atoms with van der Waals surface area (Å²) < 4.78 is 99.3. The molecule has 0 amide bonds. The van der Waals surface area contributed by atoms with Gasteiger partial charge in [-0.2, -0.15) is 8.78 Å². The fourth-order valence-corrected chi connectivity index (χ4v) is 5.44. The van der Waals surface area contributed by atoms with Gasteiger partial charge >= 0.3 is 6.36 Å². The number of hydrogen-bond donors (Lipinski definition) is 2. The number of aryl methyl sites for hydroxylation is 1. The fraction of sp³-hybridized carbons (Fsp3) is 0.233. The molecule has 4 rings (SSSR count). The van der Waals surface area contributed by atoms with Crippen LogP contribution in [-0.2, 0) is 15.9 Å². The molecule has 0 atom stereocenters. The van der Waals surface area contributed by atoms with Crippen LogP contribution >= 0.6 is 0 Å². The molecular weight excluding hydrogens is 619 g/mol. The number of ether oxygens (including phenoxy) is 1. The second-order valence-corrected chi connectivity index (χ2v) is 12.3. The summed E-state index contributed by atoms with van der Waals surface area (Å²) in [6.07, 6.45) is -3.02. The topological polar surface area (TPSA) is 120 Å². The number of anilines is 1. The average molecular weight is 651 g/mol. The third kappa shape index (κ3) is 7.10. The van der Waals surface area contributed by atoms with Crippen LogP contribution < -0.4 is 21.3 Å². The number of imidazole rings is 1. The Labute approximate surface area is 257 Å². The van der Waals surface area contributed by atoms with Crippen LogP contribution in [0.3, 0.4) is 0 Å². The largest absolute Gasteiger partial charge is 0.573 e. The molecule has 240 valence electrons. The van der Waals surface area contributed by atoms with Gasteiger partial charge in [0.1, 0.15) is 17.3 Å². The monoisotopic (exact) mass is 650 g/mol. The minimum absolute atomic E-state index is 0.0424. The van der Waals surface area contributed by atoms with Crippen LogP contribution in [0, 0.1) is 6.92 Å². The highest BCUT2D eigenvalue weighted by molar-refractivity contribution is 7.89. The molecule has 0 bridgehead atoms. The summed E-state index contributed by atoms with van der Waals surface area (Å²) in [5.41, 5.74) is 7.52. The molecule has 0 fully saturated rings. The highest BCUT2D eigenvalue weighted by Gasteiger charge is 2.33. The Morgan fingerprint density at radius 1 is 1.00 bits per heavy atom. The molecule has 4 aromatic rings. The second-order valence-electron chi connectivity index (χ2n) is 10.1. The van der Waals surface area contributed by atoms with E-state index >= 15 is 0 Å². The van der Waals surface area contributed by atoms with Crippen LogP contribution in [0.15, 0.2) is 84.0 Å². The maximum Gasteiger partial charge on any atom is 0.573 e. The normalized spacial score (nSPS) is 12.9. The highest BCUT2D eigenvalue weighted by Crippen LogP contribution is 2.37. The van der Waals surface area contributed by atoms with E-state index in [0.29, 0.717) is 22.4 Å². The average Bonchev–Trinajstić information content (AvgIpc) is 3.39. The van der Waals surface area contributed by atoms with Gasteiger partial charge in [-0.15, -0.1) is 13.2 Å². The van der Waals surface area contributed by atoms with Gasteiger partial charge in [0.25, 0.3) is 5.92 Å². The summed E-state index contributed by atoms with van der Waals surface area (Å²) in [5.74, 6) is 3.18. The van der Waals surface area contributed by atoms with E-state index in [4.69, 9.17) is 11.6 Å². The fourth-order valence-electron chi connectivity index (χ4n) is 4.49. The third-order valence-corrected chi connectivity index (χ3v) is 8.75. The number of nitrogens with zero attached hydrogens (tertiary/aromatic N) is 4. The number of sulfonamides is 1. The number of rotatable bonds is 10. The molecule has 3 aromatic carbocycles. The number of nitrogens with two attached hydrogens (primary N) is 2. The van der Waals surface area contributed by atoms with Crippen molar-refractivity contribution in [1.29, 1.82) is 0 Å². The molecule has 0 spiro atoms. The lowest BCUT2D eigenvalue weighted by Crippen LogP contribution is -2.31. The molecule has 0 saturated heterocycles. The van der Waals surface area contributed by atoms with Gasteiger partial charge in [-0.05, 0) is 66.6 Å². The van der Waals surface area contributed by atoms with Crippen molar-refractivity contribution in [2.45, 2.75) is 37.4 Å². The lowest BCUT2D eigenvalue weighted by Gasteiger charge is -2.26. The quantitative estimate of drug-likeness (QED) is 0.120. The van der Waals surface area contributed by atoms with Gasteiger partial charge in [0.2, 0.25) is 10.0 Å². The van der Waals surface area contributed by atoms with E-state index in [1.165, 1.54) is 56.0 Å². The third-order valence-electron chi connectivity index (χ3n) is 6.94. The molecule has 0 aliphatic heterocycles. The lowest BCUT2D eigenvalue weighted by atomic mass is 10.0. The van der Waals surface area contributed by atoms with Gasteiger partial charge in [0.05, 0.1) is 22.0 Å². The Hall–Kier alpha value is -4.47. The SMILES string of the molecule is CCC(F)(F)c1cn(-c2ccc(-c3cccc(S(=O)(=O)N(C)C)c3)cc2N(N)/C(=C\N)c2ccc(OC(F)(F)F)cc2)c(C)n1. The Balaban J connectivity index is 1.88. The van der Waals surface area contributed by atoms with Crippen molar-refractivity contribution in [1.82, 2.24) is 13.9 Å². The number of benzene rings is 3. The number of halogens is 5. The van der Waals surface area contributed by atoms with Crippen molar-refractivity contribution in [2.24, 2.45) is 11.6 Å². The molecule has 0 unspecified atom stereocenters. The summed E-state index contributed by atoms with van der Waals surface area (Å²) in [5, 5.41) is 1.15. The molecule has 45 heavy (non-hydrogen) atoms. The van der Waals surface area contributed by atoms with Crippen molar-refractivity contribution in [3.05, 3.63) is 96.2 Å². The number of aromatic nitrogens is 2. The Morgan fingerprint density at radius 3 is 2.22 bits per heavy atom. The van der Waals surface area contributed by atoms with E-state index in [2.05, 4.69) is 9.72 Å². The molecule has 0 aliphatic rings.